The largest absolute Gasteiger partial charge is 0.390 e. The molecule has 8 nitrogen and oxygen atoms in total. The average molecular weight is 513 g/mol. The number of amides is 3. The number of carbonyl (C=O) groups is 2. The molecule has 37 heavy (non-hydrogen) atoms. The number of likely N-dealkylation sites (tertiary alicyclic amines) is 1. The number of aliphatic hydroxyl groups is 2. The highest BCUT2D eigenvalue weighted by Crippen LogP contribution is 2.50. The maximum atomic E-state index is 13.8. The van der Waals surface area contributed by atoms with Crippen molar-refractivity contribution >= 4 is 11.9 Å². The molecule has 1 aromatic rings. The van der Waals surface area contributed by atoms with E-state index in [0.29, 0.717) is 39.0 Å². The summed E-state index contributed by atoms with van der Waals surface area (Å²) in [6, 6.07) is 10.5. The molecule has 5 rings (SSSR count). The second kappa shape index (κ2) is 9.54. The van der Waals surface area contributed by atoms with E-state index in [2.05, 4.69) is 43.3 Å². The molecule has 4 aliphatic rings. The van der Waals surface area contributed by atoms with E-state index in [-0.39, 0.29) is 29.6 Å². The third-order valence-electron chi connectivity index (χ3n) is 9.99. The van der Waals surface area contributed by atoms with Gasteiger partial charge in [0.15, 0.2) is 0 Å². The smallest absolute Gasteiger partial charge is 0.321 e. The number of carbonyl (C=O) groups excluding carboxylic acids is 2. The highest BCUT2D eigenvalue weighted by atomic mass is 16.3. The van der Waals surface area contributed by atoms with Gasteiger partial charge in [0, 0.05) is 25.2 Å². The van der Waals surface area contributed by atoms with Crippen LogP contribution in [0.3, 0.4) is 0 Å². The van der Waals surface area contributed by atoms with Gasteiger partial charge in [-0.2, -0.15) is 0 Å². The Kier molecular flexibility index (Phi) is 6.82. The van der Waals surface area contributed by atoms with E-state index in [4.69, 9.17) is 0 Å². The number of urea groups is 1. The summed E-state index contributed by atoms with van der Waals surface area (Å²) < 4.78 is 0. The predicted octanol–water partition coefficient (Wildman–Crippen LogP) is 2.78. The van der Waals surface area contributed by atoms with E-state index in [1.807, 2.05) is 17.9 Å². The van der Waals surface area contributed by atoms with Gasteiger partial charge >= 0.3 is 6.03 Å². The fraction of sp³-hybridized carbons (Fsp3) is 0.724. The monoisotopic (exact) mass is 512 g/mol. The minimum absolute atomic E-state index is 0.0501. The van der Waals surface area contributed by atoms with Crippen LogP contribution in [0.15, 0.2) is 30.3 Å². The molecule has 0 unspecified atom stereocenters. The topological polar surface area (TPSA) is 87.6 Å². The summed E-state index contributed by atoms with van der Waals surface area (Å²) in [5.41, 5.74) is -0.697. The summed E-state index contributed by atoms with van der Waals surface area (Å²) in [5.74, 6) is -0.0501. The van der Waals surface area contributed by atoms with E-state index in [9.17, 15) is 19.8 Å². The van der Waals surface area contributed by atoms with Crippen LogP contribution < -0.4 is 0 Å². The van der Waals surface area contributed by atoms with Crippen molar-refractivity contribution in [1.82, 2.24) is 19.6 Å². The van der Waals surface area contributed by atoms with Crippen LogP contribution in [-0.2, 0) is 10.3 Å². The van der Waals surface area contributed by atoms with Crippen molar-refractivity contribution in [2.45, 2.75) is 87.0 Å². The minimum Gasteiger partial charge on any atom is -0.390 e. The Morgan fingerprint density at radius 1 is 0.946 bits per heavy atom. The van der Waals surface area contributed by atoms with Crippen molar-refractivity contribution in [2.24, 2.45) is 0 Å². The summed E-state index contributed by atoms with van der Waals surface area (Å²) >= 11 is 0. The first kappa shape index (κ1) is 26.4. The molecule has 3 amide bonds. The Labute approximate surface area is 221 Å². The molecule has 4 fully saturated rings. The van der Waals surface area contributed by atoms with Gasteiger partial charge in [-0.1, -0.05) is 30.3 Å². The predicted molar refractivity (Wildman–Crippen MR) is 142 cm³/mol. The maximum absolute atomic E-state index is 13.8. The molecule has 2 heterocycles. The van der Waals surface area contributed by atoms with Crippen molar-refractivity contribution in [3.63, 3.8) is 0 Å². The number of β-amino-alcohol motifs (C(OH)–C–C–N with tert-alkyl or cyclic N) is 1. The van der Waals surface area contributed by atoms with Gasteiger partial charge in [0.25, 0.3) is 0 Å². The van der Waals surface area contributed by atoms with Gasteiger partial charge in [-0.15, -0.1) is 0 Å². The van der Waals surface area contributed by atoms with E-state index in [1.54, 1.807) is 9.80 Å². The van der Waals surface area contributed by atoms with E-state index in [0.717, 1.165) is 44.9 Å². The highest BCUT2D eigenvalue weighted by Gasteiger charge is 2.56. The Hall–Kier alpha value is -2.16. The SMILES string of the molecule is CN(C)C1(c2ccccc2)CCC2(CC1)CN(CC(=O)N1CCC(C)(O)CC1)C(=O)N2CC1(O)CCC1. The van der Waals surface area contributed by atoms with E-state index >= 15 is 0 Å². The molecule has 2 aliphatic heterocycles. The standard InChI is InChI=1S/C29H44N4O4/c1-26(36)16-18-31(19-17-26)24(34)20-32-21-27(33(25(32)35)22-28(37)10-7-11-28)12-14-29(15-13-27,30(2)3)23-8-5-4-6-9-23/h4-6,8-9,36-37H,7,10-22H2,1-3H3. The summed E-state index contributed by atoms with van der Waals surface area (Å²) in [6.45, 7) is 3.80. The number of piperidine rings is 1. The Morgan fingerprint density at radius 2 is 1.57 bits per heavy atom. The zero-order valence-corrected chi connectivity index (χ0v) is 22.8. The van der Waals surface area contributed by atoms with Gasteiger partial charge in [-0.3, -0.25) is 9.69 Å². The zero-order valence-electron chi connectivity index (χ0n) is 22.8. The summed E-state index contributed by atoms with van der Waals surface area (Å²) in [5, 5.41) is 21.3. The number of hydrogen-bond donors (Lipinski definition) is 2. The lowest BCUT2D eigenvalue weighted by Crippen LogP contribution is -2.59. The number of nitrogens with zero attached hydrogens (tertiary/aromatic N) is 4. The molecule has 204 valence electrons. The first-order valence-corrected chi connectivity index (χ1v) is 14.0. The second-order valence-corrected chi connectivity index (χ2v) is 12.7. The van der Waals surface area contributed by atoms with Gasteiger partial charge in [0.2, 0.25) is 5.91 Å². The van der Waals surface area contributed by atoms with Gasteiger partial charge in [-0.05, 0) is 84.4 Å². The molecule has 2 N–H and O–H groups in total. The van der Waals surface area contributed by atoms with Crippen LogP contribution in [0.1, 0.15) is 70.3 Å². The summed E-state index contributed by atoms with van der Waals surface area (Å²) in [4.78, 5) is 34.8. The zero-order chi connectivity index (χ0) is 26.5. The molecule has 2 aliphatic carbocycles. The van der Waals surface area contributed by atoms with Crippen LogP contribution in [0, 0.1) is 0 Å². The van der Waals surface area contributed by atoms with Crippen LogP contribution in [0.5, 0.6) is 0 Å². The van der Waals surface area contributed by atoms with Crippen LogP contribution in [0.25, 0.3) is 0 Å². The first-order chi connectivity index (χ1) is 17.5. The lowest BCUT2D eigenvalue weighted by atomic mass is 9.67. The number of rotatable bonds is 6. The van der Waals surface area contributed by atoms with Crippen LogP contribution in [-0.4, -0.2) is 105 Å². The van der Waals surface area contributed by atoms with Gasteiger partial charge in [-0.25, -0.2) is 4.79 Å². The number of hydrogen-bond acceptors (Lipinski definition) is 5. The molecule has 1 spiro atoms. The Morgan fingerprint density at radius 3 is 2.11 bits per heavy atom. The van der Waals surface area contributed by atoms with Crippen LogP contribution in [0.4, 0.5) is 4.79 Å². The molecular formula is C29H44N4O4. The quantitative estimate of drug-likeness (QED) is 0.612. The molecule has 0 atom stereocenters. The highest BCUT2D eigenvalue weighted by molar-refractivity contribution is 5.86. The Bertz CT molecular complexity index is 988. The molecule has 0 aromatic heterocycles. The van der Waals surface area contributed by atoms with Gasteiger partial charge < -0.3 is 24.9 Å². The lowest BCUT2D eigenvalue weighted by Gasteiger charge is -2.52. The maximum Gasteiger partial charge on any atom is 0.321 e. The van der Waals surface area contributed by atoms with Crippen LogP contribution in [0.2, 0.25) is 0 Å². The molecule has 2 saturated heterocycles. The summed E-state index contributed by atoms with van der Waals surface area (Å²) in [7, 11) is 4.28. The normalized spacial score (nSPS) is 31.2. The van der Waals surface area contributed by atoms with Crippen molar-refractivity contribution in [3.8, 4) is 0 Å². The molecule has 8 heteroatoms. The second-order valence-electron chi connectivity index (χ2n) is 12.7. The van der Waals surface area contributed by atoms with Crippen LogP contribution >= 0.6 is 0 Å². The van der Waals surface area contributed by atoms with Gasteiger partial charge in [0.1, 0.15) is 6.54 Å². The molecular weight excluding hydrogens is 468 g/mol. The van der Waals surface area contributed by atoms with Gasteiger partial charge in [0.05, 0.1) is 23.3 Å². The van der Waals surface area contributed by atoms with Crippen molar-refractivity contribution in [1.29, 1.82) is 0 Å². The van der Waals surface area contributed by atoms with Crippen molar-refractivity contribution in [2.75, 3.05) is 46.8 Å². The van der Waals surface area contributed by atoms with Crippen molar-refractivity contribution < 1.29 is 19.8 Å². The fourth-order valence-electron chi connectivity index (χ4n) is 7.08. The molecule has 1 aromatic carbocycles. The van der Waals surface area contributed by atoms with Crippen molar-refractivity contribution in [3.05, 3.63) is 35.9 Å². The summed E-state index contributed by atoms with van der Waals surface area (Å²) in [6.07, 6.45) is 7.05. The lowest BCUT2D eigenvalue weighted by molar-refractivity contribution is -0.135. The molecule has 0 radical (unpaired) electrons. The van der Waals surface area contributed by atoms with E-state index < -0.39 is 11.2 Å². The molecule has 2 saturated carbocycles. The third kappa shape index (κ3) is 4.88. The fourth-order valence-corrected chi connectivity index (χ4v) is 7.08. The molecule has 0 bridgehead atoms. The third-order valence-corrected chi connectivity index (χ3v) is 9.99. The van der Waals surface area contributed by atoms with E-state index in [1.165, 1.54) is 5.56 Å². The Balaban J connectivity index is 1.35. The minimum atomic E-state index is -0.809. The number of benzene rings is 1. The average Bonchev–Trinajstić information content (AvgIpc) is 3.09. The first-order valence-electron chi connectivity index (χ1n) is 14.0.